The van der Waals surface area contributed by atoms with Gasteiger partial charge < -0.3 is 9.84 Å². The summed E-state index contributed by atoms with van der Waals surface area (Å²) < 4.78 is 18.3. The maximum absolute atomic E-state index is 12.8. The van der Waals surface area contributed by atoms with Gasteiger partial charge in [-0.15, -0.1) is 0 Å². The molecule has 0 aliphatic rings. The fourth-order valence-electron chi connectivity index (χ4n) is 1.82. The number of aliphatic hydroxyl groups excluding tert-OH is 1. The Morgan fingerprint density at radius 3 is 2.44 bits per heavy atom. The lowest BCUT2D eigenvalue weighted by atomic mass is 10.0. The lowest BCUT2D eigenvalue weighted by Crippen LogP contribution is -2.03. The van der Waals surface area contributed by atoms with Crippen molar-refractivity contribution < 1.29 is 14.2 Å². The lowest BCUT2D eigenvalue weighted by molar-refractivity contribution is 0.212. The van der Waals surface area contributed by atoms with Crippen molar-refractivity contribution in [3.05, 3.63) is 65.5 Å². The van der Waals surface area contributed by atoms with Crippen molar-refractivity contribution in [2.45, 2.75) is 13.0 Å². The predicted octanol–water partition coefficient (Wildman–Crippen LogP) is 3.31. The van der Waals surface area contributed by atoms with E-state index in [0.717, 1.165) is 0 Å². The van der Waals surface area contributed by atoms with Gasteiger partial charge in [-0.3, -0.25) is 0 Å². The van der Waals surface area contributed by atoms with E-state index in [2.05, 4.69) is 0 Å². The van der Waals surface area contributed by atoms with Gasteiger partial charge in [0.15, 0.2) is 0 Å². The summed E-state index contributed by atoms with van der Waals surface area (Å²) in [6.07, 6.45) is -0.812. The minimum atomic E-state index is -0.812. The Morgan fingerprint density at radius 1 is 1.11 bits per heavy atom. The van der Waals surface area contributed by atoms with Gasteiger partial charge in [-0.2, -0.15) is 0 Å². The molecule has 2 nitrogen and oxygen atoms in total. The lowest BCUT2D eigenvalue weighted by Gasteiger charge is -2.15. The van der Waals surface area contributed by atoms with Crippen molar-refractivity contribution in [3.8, 4) is 5.75 Å². The highest BCUT2D eigenvalue weighted by Crippen LogP contribution is 2.29. The molecule has 1 unspecified atom stereocenters. The van der Waals surface area contributed by atoms with E-state index in [4.69, 9.17) is 4.74 Å². The second-order valence-electron chi connectivity index (χ2n) is 3.92. The van der Waals surface area contributed by atoms with Crippen LogP contribution in [0.3, 0.4) is 0 Å². The van der Waals surface area contributed by atoms with Gasteiger partial charge in [0.1, 0.15) is 17.7 Å². The van der Waals surface area contributed by atoms with Crippen LogP contribution in [-0.4, -0.2) is 11.7 Å². The molecule has 0 aliphatic heterocycles. The first-order valence-corrected chi connectivity index (χ1v) is 5.87. The molecular weight excluding hydrogens is 231 g/mol. The average Bonchev–Trinajstić information content (AvgIpc) is 2.40. The molecule has 0 radical (unpaired) electrons. The van der Waals surface area contributed by atoms with Crippen LogP contribution in [0.2, 0.25) is 0 Å². The standard InChI is InChI=1S/C15H15FO2/c1-2-18-14-6-4-3-5-13(14)15(17)11-7-9-12(16)10-8-11/h3-10,15,17H,2H2,1H3. The van der Waals surface area contributed by atoms with E-state index < -0.39 is 6.10 Å². The number of hydrogen-bond donors (Lipinski definition) is 1. The highest BCUT2D eigenvalue weighted by Gasteiger charge is 2.14. The van der Waals surface area contributed by atoms with Crippen LogP contribution in [0.1, 0.15) is 24.2 Å². The fourth-order valence-corrected chi connectivity index (χ4v) is 1.82. The van der Waals surface area contributed by atoms with Crippen LogP contribution in [-0.2, 0) is 0 Å². The van der Waals surface area contributed by atoms with E-state index in [0.29, 0.717) is 23.5 Å². The molecule has 2 aromatic rings. The van der Waals surface area contributed by atoms with Gasteiger partial charge in [-0.05, 0) is 30.7 Å². The summed E-state index contributed by atoms with van der Waals surface area (Å²) in [5, 5.41) is 10.3. The highest BCUT2D eigenvalue weighted by molar-refractivity contribution is 5.40. The maximum Gasteiger partial charge on any atom is 0.125 e. The van der Waals surface area contributed by atoms with Gasteiger partial charge >= 0.3 is 0 Å². The Bertz CT molecular complexity index is 508. The second kappa shape index (κ2) is 5.65. The fraction of sp³-hybridized carbons (Fsp3) is 0.200. The quantitative estimate of drug-likeness (QED) is 0.896. The van der Waals surface area contributed by atoms with E-state index in [1.54, 1.807) is 18.2 Å². The normalized spacial score (nSPS) is 12.2. The molecule has 1 atom stereocenters. The number of aliphatic hydroxyl groups is 1. The summed E-state index contributed by atoms with van der Waals surface area (Å²) in [7, 11) is 0. The minimum absolute atomic E-state index is 0.316. The van der Waals surface area contributed by atoms with Crippen molar-refractivity contribution >= 4 is 0 Å². The van der Waals surface area contributed by atoms with Crippen molar-refractivity contribution in [2.75, 3.05) is 6.61 Å². The van der Waals surface area contributed by atoms with Crippen LogP contribution in [0.25, 0.3) is 0 Å². The summed E-state index contributed by atoms with van der Waals surface area (Å²) in [5.41, 5.74) is 1.33. The second-order valence-corrected chi connectivity index (χ2v) is 3.92. The molecule has 0 saturated carbocycles. The molecule has 18 heavy (non-hydrogen) atoms. The monoisotopic (exact) mass is 246 g/mol. The first-order valence-electron chi connectivity index (χ1n) is 5.87. The SMILES string of the molecule is CCOc1ccccc1C(O)c1ccc(F)cc1. The Morgan fingerprint density at radius 2 is 1.78 bits per heavy atom. The van der Waals surface area contributed by atoms with E-state index >= 15 is 0 Å². The number of hydrogen-bond acceptors (Lipinski definition) is 2. The van der Waals surface area contributed by atoms with Crippen molar-refractivity contribution in [1.29, 1.82) is 0 Å². The molecule has 0 saturated heterocycles. The average molecular weight is 246 g/mol. The summed E-state index contributed by atoms with van der Waals surface area (Å²) in [5.74, 6) is 0.334. The van der Waals surface area contributed by atoms with E-state index in [9.17, 15) is 9.50 Å². The highest BCUT2D eigenvalue weighted by atomic mass is 19.1. The molecule has 0 aromatic heterocycles. The Labute approximate surface area is 106 Å². The Balaban J connectivity index is 2.33. The van der Waals surface area contributed by atoms with Gasteiger partial charge in [0, 0.05) is 5.56 Å². The molecule has 0 fully saturated rings. The third-order valence-electron chi connectivity index (χ3n) is 2.70. The third-order valence-corrected chi connectivity index (χ3v) is 2.70. The van der Waals surface area contributed by atoms with Gasteiger partial charge in [0.25, 0.3) is 0 Å². The summed E-state index contributed by atoms with van der Waals surface area (Å²) >= 11 is 0. The van der Waals surface area contributed by atoms with Gasteiger partial charge in [-0.25, -0.2) is 4.39 Å². The number of benzene rings is 2. The molecule has 0 bridgehead atoms. The van der Waals surface area contributed by atoms with Crippen molar-refractivity contribution in [1.82, 2.24) is 0 Å². The zero-order chi connectivity index (χ0) is 13.0. The zero-order valence-corrected chi connectivity index (χ0v) is 10.1. The first kappa shape index (κ1) is 12.6. The Hall–Kier alpha value is -1.87. The molecule has 0 spiro atoms. The maximum atomic E-state index is 12.8. The largest absolute Gasteiger partial charge is 0.493 e. The molecule has 0 amide bonds. The molecule has 2 rings (SSSR count). The predicted molar refractivity (Wildman–Crippen MR) is 68.1 cm³/mol. The van der Waals surface area contributed by atoms with Crippen LogP contribution in [0.5, 0.6) is 5.75 Å². The van der Waals surface area contributed by atoms with Crippen LogP contribution in [0.15, 0.2) is 48.5 Å². The van der Waals surface area contributed by atoms with E-state index in [-0.39, 0.29) is 5.82 Å². The Kier molecular flexibility index (Phi) is 3.95. The van der Waals surface area contributed by atoms with Gasteiger partial charge in [-0.1, -0.05) is 30.3 Å². The topological polar surface area (TPSA) is 29.5 Å². The van der Waals surface area contributed by atoms with Gasteiger partial charge in [0.2, 0.25) is 0 Å². The molecule has 2 aromatic carbocycles. The summed E-state index contributed by atoms with van der Waals surface area (Å²) in [6, 6.07) is 13.1. The van der Waals surface area contributed by atoms with Crippen LogP contribution in [0.4, 0.5) is 4.39 Å². The van der Waals surface area contributed by atoms with Crippen LogP contribution < -0.4 is 4.74 Å². The summed E-state index contributed by atoms with van der Waals surface area (Å²) in [6.45, 7) is 2.42. The third kappa shape index (κ3) is 2.68. The first-order chi connectivity index (χ1) is 8.72. The minimum Gasteiger partial charge on any atom is -0.493 e. The van der Waals surface area contributed by atoms with Crippen molar-refractivity contribution in [2.24, 2.45) is 0 Å². The molecule has 94 valence electrons. The summed E-state index contributed by atoms with van der Waals surface area (Å²) in [4.78, 5) is 0. The van der Waals surface area contributed by atoms with Crippen LogP contribution in [0, 0.1) is 5.82 Å². The van der Waals surface area contributed by atoms with Gasteiger partial charge in [0.05, 0.1) is 6.61 Å². The smallest absolute Gasteiger partial charge is 0.125 e. The number of para-hydroxylation sites is 1. The number of rotatable bonds is 4. The molecule has 3 heteroatoms. The zero-order valence-electron chi connectivity index (χ0n) is 10.1. The molecular formula is C15H15FO2. The van der Waals surface area contributed by atoms with E-state index in [1.165, 1.54) is 12.1 Å². The van der Waals surface area contributed by atoms with Crippen LogP contribution >= 0.6 is 0 Å². The number of halogens is 1. The van der Waals surface area contributed by atoms with E-state index in [1.807, 2.05) is 25.1 Å². The van der Waals surface area contributed by atoms with Crippen molar-refractivity contribution in [3.63, 3.8) is 0 Å². The molecule has 0 aliphatic carbocycles. The molecule has 0 heterocycles. The number of ether oxygens (including phenoxy) is 1. The molecule has 1 N–H and O–H groups in total.